The molecule has 1 aliphatic heterocycles. The number of aliphatic imine (C=N–C) groups is 1. The molecule has 0 bridgehead atoms. The van der Waals surface area contributed by atoms with E-state index in [1.807, 2.05) is 12.1 Å². The molecule has 1 aromatic heterocycles. The first-order valence-electron chi connectivity index (χ1n) is 8.98. The second-order valence-electron chi connectivity index (χ2n) is 6.11. The molecule has 0 fully saturated rings. The number of benzene rings is 1. The first-order chi connectivity index (χ1) is 13.9. The average molecular weight is 400 g/mol. The number of hydrogen-bond acceptors (Lipinski definition) is 5. The maximum Gasteiger partial charge on any atom is 0.328 e. The highest BCUT2D eigenvalue weighted by atomic mass is 16.5. The third-order valence-corrected chi connectivity index (χ3v) is 4.24. The molecule has 8 nitrogen and oxygen atoms in total. The first-order valence-corrected chi connectivity index (χ1v) is 8.98. The number of nitrogens with zero attached hydrogens (tertiary/aromatic N) is 2. The zero-order valence-electron chi connectivity index (χ0n) is 16.4. The fourth-order valence-corrected chi connectivity index (χ4v) is 2.89. The molecule has 0 spiro atoms. The Morgan fingerprint density at radius 3 is 2.38 bits per heavy atom. The Bertz CT molecular complexity index is 898. The Morgan fingerprint density at radius 1 is 1.07 bits per heavy atom. The lowest BCUT2D eigenvalue weighted by Gasteiger charge is -2.16. The Hall–Kier alpha value is -3.55. The highest BCUT2D eigenvalue weighted by molar-refractivity contribution is 5.99. The minimum absolute atomic E-state index is 0.558. The van der Waals surface area contributed by atoms with Crippen LogP contribution < -0.4 is 9.47 Å². The van der Waals surface area contributed by atoms with Crippen molar-refractivity contribution >= 4 is 17.7 Å². The molecule has 0 radical (unpaired) electrons. The summed E-state index contributed by atoms with van der Waals surface area (Å²) in [6.45, 7) is 1.87. The van der Waals surface area contributed by atoms with E-state index in [4.69, 9.17) is 19.7 Å². The van der Waals surface area contributed by atoms with E-state index in [1.165, 1.54) is 17.0 Å². The molecule has 154 valence electrons. The maximum atomic E-state index is 9.55. The number of methoxy groups -OCH3 is 2. The van der Waals surface area contributed by atoms with Crippen LogP contribution in [0.15, 0.2) is 53.7 Å². The summed E-state index contributed by atoms with van der Waals surface area (Å²) in [6, 6.07) is 10.3. The Morgan fingerprint density at radius 2 is 1.76 bits per heavy atom. The third kappa shape index (κ3) is 6.53. The van der Waals surface area contributed by atoms with Gasteiger partial charge in [-0.25, -0.2) is 9.59 Å². The summed E-state index contributed by atoms with van der Waals surface area (Å²) in [4.78, 5) is 23.8. The van der Waals surface area contributed by atoms with Gasteiger partial charge in [0, 0.05) is 24.9 Å². The summed E-state index contributed by atoms with van der Waals surface area (Å²) in [5.74, 6) is -0.964. The van der Waals surface area contributed by atoms with Crippen molar-refractivity contribution in [1.82, 2.24) is 4.57 Å². The van der Waals surface area contributed by atoms with E-state index in [0.717, 1.165) is 37.4 Å². The van der Waals surface area contributed by atoms with Crippen LogP contribution in [-0.4, -0.2) is 53.2 Å². The van der Waals surface area contributed by atoms with Crippen LogP contribution in [-0.2, 0) is 22.6 Å². The van der Waals surface area contributed by atoms with Crippen molar-refractivity contribution in [2.24, 2.45) is 4.99 Å². The molecule has 0 aliphatic carbocycles. The first kappa shape index (κ1) is 21.7. The average Bonchev–Trinajstić information content (AvgIpc) is 3.20. The summed E-state index contributed by atoms with van der Waals surface area (Å²) in [5.41, 5.74) is 3.68. The van der Waals surface area contributed by atoms with Crippen LogP contribution in [0, 0.1) is 0 Å². The van der Waals surface area contributed by atoms with Gasteiger partial charge in [0.1, 0.15) is 0 Å². The van der Waals surface area contributed by atoms with Crippen LogP contribution in [0.25, 0.3) is 0 Å². The Labute approximate surface area is 168 Å². The molecule has 0 unspecified atom stereocenters. The molecule has 29 heavy (non-hydrogen) atoms. The van der Waals surface area contributed by atoms with E-state index in [-0.39, 0.29) is 0 Å². The smallest absolute Gasteiger partial charge is 0.328 e. The van der Waals surface area contributed by atoms with Crippen molar-refractivity contribution in [1.29, 1.82) is 0 Å². The quantitative estimate of drug-likeness (QED) is 0.692. The Kier molecular flexibility index (Phi) is 8.02. The van der Waals surface area contributed by atoms with Crippen LogP contribution >= 0.6 is 0 Å². The molecule has 1 aromatic carbocycles. The van der Waals surface area contributed by atoms with Crippen molar-refractivity contribution in [2.75, 3.05) is 20.8 Å². The normalized spacial score (nSPS) is 12.4. The van der Waals surface area contributed by atoms with Gasteiger partial charge in [-0.2, -0.15) is 0 Å². The second-order valence-corrected chi connectivity index (χ2v) is 6.11. The van der Waals surface area contributed by atoms with E-state index >= 15 is 0 Å². The van der Waals surface area contributed by atoms with Gasteiger partial charge in [0.15, 0.2) is 11.5 Å². The van der Waals surface area contributed by atoms with E-state index in [2.05, 4.69) is 34.0 Å². The number of fused-ring (bicyclic) bond motifs is 1. The molecule has 0 saturated carbocycles. The predicted molar refractivity (Wildman–Crippen MR) is 108 cm³/mol. The van der Waals surface area contributed by atoms with Crippen LogP contribution in [0.1, 0.15) is 17.7 Å². The summed E-state index contributed by atoms with van der Waals surface area (Å²) in [7, 11) is 3.32. The highest BCUT2D eigenvalue weighted by Gasteiger charge is 2.13. The van der Waals surface area contributed by atoms with Crippen molar-refractivity contribution in [2.45, 2.75) is 19.4 Å². The fourth-order valence-electron chi connectivity index (χ4n) is 2.89. The van der Waals surface area contributed by atoms with Crippen LogP contribution in [0.2, 0.25) is 0 Å². The molecular formula is C21H24N2O6. The largest absolute Gasteiger partial charge is 0.493 e. The zero-order chi connectivity index (χ0) is 21.2. The molecule has 0 atom stereocenters. The van der Waals surface area contributed by atoms with Gasteiger partial charge in [-0.1, -0.05) is 6.07 Å². The van der Waals surface area contributed by atoms with Gasteiger partial charge in [0.2, 0.25) is 0 Å². The van der Waals surface area contributed by atoms with Gasteiger partial charge in [0.25, 0.3) is 0 Å². The topological polar surface area (TPSA) is 110 Å². The minimum Gasteiger partial charge on any atom is -0.493 e. The van der Waals surface area contributed by atoms with Gasteiger partial charge in [0.05, 0.1) is 32.2 Å². The van der Waals surface area contributed by atoms with E-state index < -0.39 is 11.9 Å². The Balaban J connectivity index is 0.000000321. The van der Waals surface area contributed by atoms with Gasteiger partial charge in [-0.15, -0.1) is 0 Å². The van der Waals surface area contributed by atoms with Crippen molar-refractivity contribution in [3.8, 4) is 11.5 Å². The number of aliphatic carboxylic acids is 2. The summed E-state index contributed by atoms with van der Waals surface area (Å²) in [6.07, 6.45) is 5.13. The number of carbonyl (C=O) groups is 2. The van der Waals surface area contributed by atoms with Crippen molar-refractivity contribution in [3.63, 3.8) is 0 Å². The van der Waals surface area contributed by atoms with Gasteiger partial charge < -0.3 is 24.3 Å². The second kappa shape index (κ2) is 10.7. The third-order valence-electron chi connectivity index (χ3n) is 4.24. The molecule has 1 aliphatic rings. The summed E-state index contributed by atoms with van der Waals surface area (Å²) >= 11 is 0. The van der Waals surface area contributed by atoms with Crippen molar-refractivity contribution in [3.05, 3.63) is 59.9 Å². The highest BCUT2D eigenvalue weighted by Crippen LogP contribution is 2.28. The maximum absolute atomic E-state index is 9.55. The van der Waals surface area contributed by atoms with Crippen LogP contribution in [0.5, 0.6) is 11.5 Å². The number of ether oxygens (including phenoxy) is 2. The van der Waals surface area contributed by atoms with E-state index in [0.29, 0.717) is 12.2 Å². The number of carboxylic acids is 2. The molecule has 8 heteroatoms. The molecule has 0 saturated heterocycles. The number of rotatable bonds is 7. The summed E-state index contributed by atoms with van der Waals surface area (Å²) < 4.78 is 12.9. The lowest BCUT2D eigenvalue weighted by atomic mass is 10.0. The molecular weight excluding hydrogens is 376 g/mol. The molecule has 0 amide bonds. The van der Waals surface area contributed by atoms with Gasteiger partial charge in [-0.05, 0) is 42.7 Å². The summed E-state index contributed by atoms with van der Waals surface area (Å²) in [5, 5.41) is 15.6. The number of aryl methyl sites for hydroxylation is 1. The standard InChI is InChI=1S/C17H20N2O2.C4H4O4/c1-20-16-8-6-13(12-17(16)21-2)5-7-14-15-4-3-10-19(15)11-9-18-14;5-3(6)1-2-4(7)8/h3-4,6,8,10,12H,5,7,9,11H2,1-2H3;1-2H,(H,5,6)(H,7,8)/b;2-1+. The molecule has 2 heterocycles. The lowest BCUT2D eigenvalue weighted by Crippen LogP contribution is -2.18. The lowest BCUT2D eigenvalue weighted by molar-refractivity contribution is -0.134. The number of carboxylic acid groups (broad SMARTS) is 2. The SMILES string of the molecule is COc1ccc(CCC2=NCCn3cccc32)cc1OC.O=C(O)/C=C/C(=O)O. The number of hydrogen-bond donors (Lipinski definition) is 2. The van der Waals surface area contributed by atoms with Crippen LogP contribution in [0.4, 0.5) is 0 Å². The molecule has 2 N–H and O–H groups in total. The molecule has 2 aromatic rings. The van der Waals surface area contributed by atoms with Gasteiger partial charge in [-0.3, -0.25) is 4.99 Å². The number of aromatic nitrogens is 1. The van der Waals surface area contributed by atoms with E-state index in [9.17, 15) is 9.59 Å². The monoisotopic (exact) mass is 400 g/mol. The van der Waals surface area contributed by atoms with Gasteiger partial charge >= 0.3 is 11.9 Å². The fraction of sp³-hybridized carbons (Fsp3) is 0.286. The molecule has 3 rings (SSSR count). The zero-order valence-corrected chi connectivity index (χ0v) is 16.4. The van der Waals surface area contributed by atoms with E-state index in [1.54, 1.807) is 14.2 Å². The minimum atomic E-state index is -1.26. The van der Waals surface area contributed by atoms with Crippen LogP contribution in [0.3, 0.4) is 0 Å². The van der Waals surface area contributed by atoms with Crippen molar-refractivity contribution < 1.29 is 29.3 Å². The predicted octanol–water partition coefficient (Wildman–Crippen LogP) is 2.65.